The SMILES string of the molecule is CCCc1ccc(C(=O)Nc2cccc(C(C)(F)F)c2)cc1C.CCc1cnc2[nH]cc(CN(C)C)c2c1. The summed E-state index contributed by atoms with van der Waals surface area (Å²) in [6.45, 7) is 8.02. The molecular weight excluding hydrogens is 482 g/mol. The molecule has 0 bridgehead atoms. The molecule has 202 valence electrons. The lowest BCUT2D eigenvalue weighted by Crippen LogP contribution is -2.14. The van der Waals surface area contributed by atoms with Gasteiger partial charge < -0.3 is 15.2 Å². The summed E-state index contributed by atoms with van der Waals surface area (Å²) in [5.74, 6) is -3.23. The Bertz CT molecular complexity index is 1370. The number of nitrogens with one attached hydrogen (secondary N) is 2. The van der Waals surface area contributed by atoms with Gasteiger partial charge in [0.15, 0.2) is 0 Å². The van der Waals surface area contributed by atoms with E-state index in [0.29, 0.717) is 11.3 Å². The summed E-state index contributed by atoms with van der Waals surface area (Å²) in [4.78, 5) is 22.1. The van der Waals surface area contributed by atoms with Crippen LogP contribution in [0.5, 0.6) is 0 Å². The van der Waals surface area contributed by atoms with Crippen LogP contribution in [0.3, 0.4) is 0 Å². The first kappa shape index (κ1) is 29.0. The number of anilines is 1. The maximum atomic E-state index is 13.4. The quantitative estimate of drug-likeness (QED) is 0.253. The lowest BCUT2D eigenvalue weighted by molar-refractivity contribution is 0.0175. The Kier molecular flexibility index (Phi) is 9.75. The maximum absolute atomic E-state index is 13.4. The summed E-state index contributed by atoms with van der Waals surface area (Å²) < 4.78 is 26.7. The minimum Gasteiger partial charge on any atom is -0.346 e. The summed E-state index contributed by atoms with van der Waals surface area (Å²) in [5.41, 5.74) is 6.65. The smallest absolute Gasteiger partial charge is 0.270 e. The van der Waals surface area contributed by atoms with Crippen molar-refractivity contribution in [3.05, 3.63) is 94.3 Å². The third kappa shape index (κ3) is 7.71. The van der Waals surface area contributed by atoms with Crippen molar-refractivity contribution in [2.75, 3.05) is 19.4 Å². The number of carbonyl (C=O) groups is 1. The minimum absolute atomic E-state index is 0.121. The van der Waals surface area contributed by atoms with Crippen molar-refractivity contribution in [1.29, 1.82) is 0 Å². The Labute approximate surface area is 224 Å². The number of carbonyl (C=O) groups excluding carboxylic acids is 1. The lowest BCUT2D eigenvalue weighted by Gasteiger charge is -2.13. The molecule has 2 N–H and O–H groups in total. The summed E-state index contributed by atoms with van der Waals surface area (Å²) in [5, 5.41) is 3.93. The average Bonchev–Trinajstić information content (AvgIpc) is 3.26. The largest absolute Gasteiger partial charge is 0.346 e. The zero-order valence-corrected chi connectivity index (χ0v) is 23.2. The number of H-pyrrole nitrogens is 1. The van der Waals surface area contributed by atoms with E-state index in [0.717, 1.165) is 43.9 Å². The van der Waals surface area contributed by atoms with Gasteiger partial charge in [0.2, 0.25) is 0 Å². The zero-order valence-electron chi connectivity index (χ0n) is 23.2. The van der Waals surface area contributed by atoms with Crippen molar-refractivity contribution in [3.63, 3.8) is 0 Å². The van der Waals surface area contributed by atoms with Crippen LogP contribution in [0.1, 0.15) is 65.4 Å². The molecule has 0 atom stereocenters. The van der Waals surface area contributed by atoms with Crippen molar-refractivity contribution >= 4 is 22.6 Å². The van der Waals surface area contributed by atoms with Crippen LogP contribution in [-0.2, 0) is 25.3 Å². The van der Waals surface area contributed by atoms with Crippen molar-refractivity contribution in [2.45, 2.75) is 59.4 Å². The van der Waals surface area contributed by atoms with E-state index in [1.165, 1.54) is 40.3 Å². The van der Waals surface area contributed by atoms with Crippen molar-refractivity contribution < 1.29 is 13.6 Å². The number of fused-ring (bicyclic) bond motifs is 1. The number of nitrogens with zero attached hydrogens (tertiary/aromatic N) is 2. The van der Waals surface area contributed by atoms with Gasteiger partial charge in [-0.3, -0.25) is 4.79 Å². The van der Waals surface area contributed by atoms with Crippen molar-refractivity contribution in [2.24, 2.45) is 0 Å². The Morgan fingerprint density at radius 2 is 1.84 bits per heavy atom. The number of aryl methyl sites for hydroxylation is 3. The number of rotatable bonds is 8. The molecule has 5 nitrogen and oxygen atoms in total. The van der Waals surface area contributed by atoms with Gasteiger partial charge in [0, 0.05) is 48.1 Å². The second-order valence-corrected chi connectivity index (χ2v) is 9.96. The van der Waals surface area contributed by atoms with Crippen LogP contribution >= 0.6 is 0 Å². The van der Waals surface area contributed by atoms with Gasteiger partial charge in [0.05, 0.1) is 0 Å². The number of alkyl halides is 2. The highest BCUT2D eigenvalue weighted by Crippen LogP contribution is 2.28. The second-order valence-electron chi connectivity index (χ2n) is 9.96. The molecule has 0 aliphatic rings. The Balaban J connectivity index is 0.000000230. The molecule has 2 aromatic carbocycles. The molecule has 0 saturated heterocycles. The molecule has 0 unspecified atom stereocenters. The number of aromatic amines is 1. The molecule has 4 aromatic rings. The van der Waals surface area contributed by atoms with Crippen LogP contribution in [0.15, 0.2) is 60.9 Å². The summed E-state index contributed by atoms with van der Waals surface area (Å²) >= 11 is 0. The first-order chi connectivity index (χ1) is 18.0. The minimum atomic E-state index is -2.93. The first-order valence-corrected chi connectivity index (χ1v) is 13.0. The van der Waals surface area contributed by atoms with Gasteiger partial charge >= 0.3 is 0 Å². The molecule has 0 aliphatic carbocycles. The average molecular weight is 521 g/mol. The van der Waals surface area contributed by atoms with Crippen LogP contribution < -0.4 is 5.32 Å². The molecule has 7 heteroatoms. The van der Waals surface area contributed by atoms with Crippen LogP contribution in [0.2, 0.25) is 0 Å². The fourth-order valence-corrected chi connectivity index (χ4v) is 4.23. The molecule has 38 heavy (non-hydrogen) atoms. The number of halogens is 2. The number of benzene rings is 2. The normalized spacial score (nSPS) is 11.4. The van der Waals surface area contributed by atoms with Gasteiger partial charge in [0.25, 0.3) is 11.8 Å². The highest BCUT2D eigenvalue weighted by molar-refractivity contribution is 6.04. The number of amides is 1. The van der Waals surface area contributed by atoms with Gasteiger partial charge in [-0.25, -0.2) is 13.8 Å². The standard InChI is InChI=1S/C19H21F2NO.C12H17N3/c1-4-6-14-9-10-15(11-13(14)2)18(23)22-17-8-5-7-16(12-17)19(3,20)21;1-4-9-5-11-10(8-15(2)3)7-14-12(11)13-6-9/h5,7-12H,4,6H2,1-3H3,(H,22,23);5-7H,4,8H2,1-3H3,(H,13,14). The van der Waals surface area contributed by atoms with E-state index >= 15 is 0 Å². The first-order valence-electron chi connectivity index (χ1n) is 13.0. The molecule has 4 rings (SSSR count). The van der Waals surface area contributed by atoms with Crippen LogP contribution in [-0.4, -0.2) is 34.9 Å². The van der Waals surface area contributed by atoms with Crippen molar-refractivity contribution in [3.8, 4) is 0 Å². The number of pyridine rings is 1. The number of hydrogen-bond acceptors (Lipinski definition) is 3. The molecule has 0 radical (unpaired) electrons. The Morgan fingerprint density at radius 3 is 2.47 bits per heavy atom. The molecule has 2 heterocycles. The van der Waals surface area contributed by atoms with Crippen LogP contribution in [0.4, 0.5) is 14.5 Å². The van der Waals surface area contributed by atoms with E-state index in [9.17, 15) is 13.6 Å². The second kappa shape index (κ2) is 12.8. The van der Waals surface area contributed by atoms with Gasteiger partial charge in [-0.1, -0.05) is 38.5 Å². The molecule has 0 aliphatic heterocycles. The molecular formula is C31H38F2N4O. The van der Waals surface area contributed by atoms with E-state index in [1.54, 1.807) is 12.1 Å². The topological polar surface area (TPSA) is 61.0 Å². The Morgan fingerprint density at radius 1 is 1.08 bits per heavy atom. The lowest BCUT2D eigenvalue weighted by atomic mass is 10.0. The van der Waals surface area contributed by atoms with E-state index in [2.05, 4.69) is 60.4 Å². The number of hydrogen-bond donors (Lipinski definition) is 2. The molecule has 0 spiro atoms. The monoisotopic (exact) mass is 520 g/mol. The highest BCUT2D eigenvalue weighted by atomic mass is 19.3. The van der Waals surface area contributed by atoms with Crippen LogP contribution in [0, 0.1) is 6.92 Å². The molecule has 1 amide bonds. The molecule has 0 saturated carbocycles. The third-order valence-corrected chi connectivity index (χ3v) is 6.32. The van der Waals surface area contributed by atoms with E-state index in [-0.39, 0.29) is 11.5 Å². The van der Waals surface area contributed by atoms with Gasteiger partial charge in [-0.05, 0) is 86.4 Å². The predicted molar refractivity (Wildman–Crippen MR) is 152 cm³/mol. The highest BCUT2D eigenvalue weighted by Gasteiger charge is 2.24. The van der Waals surface area contributed by atoms with Crippen LogP contribution in [0.25, 0.3) is 11.0 Å². The zero-order chi connectivity index (χ0) is 27.9. The summed E-state index contributed by atoms with van der Waals surface area (Å²) in [7, 11) is 4.16. The summed E-state index contributed by atoms with van der Waals surface area (Å²) in [6, 6.07) is 13.5. The number of aromatic nitrogens is 2. The van der Waals surface area contributed by atoms with Crippen molar-refractivity contribution in [1.82, 2.24) is 14.9 Å². The summed E-state index contributed by atoms with van der Waals surface area (Å²) in [6.07, 6.45) is 7.05. The third-order valence-electron chi connectivity index (χ3n) is 6.32. The van der Waals surface area contributed by atoms with Gasteiger partial charge in [-0.2, -0.15) is 0 Å². The fraction of sp³-hybridized carbons (Fsp3) is 0.355. The van der Waals surface area contributed by atoms with E-state index in [4.69, 9.17) is 0 Å². The van der Waals surface area contributed by atoms with E-state index < -0.39 is 5.92 Å². The van der Waals surface area contributed by atoms with Gasteiger partial charge in [-0.15, -0.1) is 0 Å². The predicted octanol–water partition coefficient (Wildman–Crippen LogP) is 7.50. The molecule has 0 fully saturated rings. The Hall–Kier alpha value is -3.58. The fourth-order valence-electron chi connectivity index (χ4n) is 4.23. The molecule has 2 aromatic heterocycles. The van der Waals surface area contributed by atoms with E-state index in [1.807, 2.05) is 25.3 Å². The maximum Gasteiger partial charge on any atom is 0.270 e. The van der Waals surface area contributed by atoms with Gasteiger partial charge in [0.1, 0.15) is 5.65 Å².